The lowest BCUT2D eigenvalue weighted by Crippen LogP contribution is -2.20. The molecule has 146 valence electrons. The third-order valence-electron chi connectivity index (χ3n) is 3.51. The molecule has 2 rings (SSSR count). The van der Waals surface area contributed by atoms with Gasteiger partial charge in [0.25, 0.3) is 5.91 Å². The number of rotatable bonds is 8. The van der Waals surface area contributed by atoms with Gasteiger partial charge >= 0.3 is 0 Å². The molecule has 0 radical (unpaired) electrons. The Hall–Kier alpha value is -2.20. The van der Waals surface area contributed by atoms with E-state index in [1.54, 1.807) is 12.1 Å². The molecular weight excluding hydrogens is 399 g/mol. The first-order valence-electron chi connectivity index (χ1n) is 7.75. The number of amides is 1. The van der Waals surface area contributed by atoms with E-state index in [1.165, 1.54) is 20.2 Å². The maximum Gasteiger partial charge on any atom is 0.258 e. The number of halogens is 2. The zero-order chi connectivity index (χ0) is 20.0. The average molecular weight is 417 g/mol. The van der Waals surface area contributed by atoms with Crippen molar-refractivity contribution < 1.29 is 27.1 Å². The molecule has 0 atom stereocenters. The number of hydrogen-bond acceptors (Lipinski definition) is 5. The molecule has 0 unspecified atom stereocenters. The van der Waals surface area contributed by atoms with E-state index >= 15 is 0 Å². The van der Waals surface area contributed by atoms with E-state index in [4.69, 9.17) is 21.1 Å². The second kappa shape index (κ2) is 9.14. The van der Waals surface area contributed by atoms with Gasteiger partial charge in [-0.1, -0.05) is 17.7 Å². The topological polar surface area (TPSA) is 93.7 Å². The maximum atomic E-state index is 14.1. The Kier molecular flexibility index (Phi) is 7.14. The lowest BCUT2D eigenvalue weighted by molar-refractivity contribution is 0.102. The van der Waals surface area contributed by atoms with Gasteiger partial charge < -0.3 is 14.8 Å². The van der Waals surface area contributed by atoms with E-state index in [1.807, 2.05) is 0 Å². The molecule has 0 saturated heterocycles. The first-order chi connectivity index (χ1) is 12.8. The summed E-state index contributed by atoms with van der Waals surface area (Å²) in [7, 11) is -1.11. The lowest BCUT2D eigenvalue weighted by atomic mass is 10.2. The molecule has 0 bridgehead atoms. The van der Waals surface area contributed by atoms with Gasteiger partial charge in [0.05, 0.1) is 27.8 Å². The van der Waals surface area contributed by atoms with Crippen LogP contribution < -0.4 is 14.8 Å². The van der Waals surface area contributed by atoms with Crippen LogP contribution in [0.5, 0.6) is 5.75 Å². The van der Waals surface area contributed by atoms with Gasteiger partial charge in [0.15, 0.2) is 5.75 Å². The fourth-order valence-corrected chi connectivity index (χ4v) is 3.12. The van der Waals surface area contributed by atoms with E-state index in [9.17, 15) is 17.6 Å². The van der Waals surface area contributed by atoms with Crippen LogP contribution in [0.15, 0.2) is 41.3 Å². The van der Waals surface area contributed by atoms with Crippen LogP contribution in [-0.2, 0) is 14.8 Å². The van der Waals surface area contributed by atoms with Crippen LogP contribution in [-0.4, -0.2) is 41.7 Å². The third kappa shape index (κ3) is 5.16. The largest absolute Gasteiger partial charge is 0.487 e. The fraction of sp³-hybridized carbons (Fsp3) is 0.235. The minimum atomic E-state index is -3.83. The smallest absolute Gasteiger partial charge is 0.258 e. The number of para-hydroxylation sites is 1. The molecule has 2 aromatic carbocycles. The summed E-state index contributed by atoms with van der Waals surface area (Å²) in [5, 5.41) is 2.73. The second-order valence-electron chi connectivity index (χ2n) is 5.26. The number of carbonyl (C=O) groups is 1. The van der Waals surface area contributed by atoms with Crippen molar-refractivity contribution in [3.05, 3.63) is 52.8 Å². The number of benzene rings is 2. The second-order valence-corrected chi connectivity index (χ2v) is 7.55. The predicted octanol–water partition coefficient (Wildman–Crippen LogP) is 2.66. The quantitative estimate of drug-likeness (QED) is 0.645. The zero-order valence-corrected chi connectivity index (χ0v) is 16.2. The molecule has 2 aromatic rings. The summed E-state index contributed by atoms with van der Waals surface area (Å²) in [5.41, 5.74) is -0.223. The van der Waals surface area contributed by atoms with Gasteiger partial charge in [-0.3, -0.25) is 4.79 Å². The third-order valence-corrected chi connectivity index (χ3v) is 5.22. The Morgan fingerprint density at radius 2 is 1.96 bits per heavy atom. The van der Waals surface area contributed by atoms with Gasteiger partial charge in [-0.05, 0) is 37.4 Å². The van der Waals surface area contributed by atoms with Crippen molar-refractivity contribution in [3.8, 4) is 5.75 Å². The normalized spacial score (nSPS) is 11.3. The Morgan fingerprint density at radius 3 is 2.63 bits per heavy atom. The van der Waals surface area contributed by atoms with Gasteiger partial charge in [0.2, 0.25) is 10.0 Å². The number of ether oxygens (including phenoxy) is 2. The van der Waals surface area contributed by atoms with Crippen molar-refractivity contribution in [3.63, 3.8) is 0 Å². The van der Waals surface area contributed by atoms with E-state index in [-0.39, 0.29) is 28.0 Å². The summed E-state index contributed by atoms with van der Waals surface area (Å²) >= 11 is 6.09. The Bertz CT molecular complexity index is 937. The van der Waals surface area contributed by atoms with Crippen molar-refractivity contribution in [2.24, 2.45) is 0 Å². The first kappa shape index (κ1) is 21.1. The van der Waals surface area contributed by atoms with E-state index in [0.29, 0.717) is 6.61 Å². The van der Waals surface area contributed by atoms with E-state index in [0.717, 1.165) is 18.2 Å². The van der Waals surface area contributed by atoms with Gasteiger partial charge in [0, 0.05) is 7.11 Å². The standard InChI is InChI=1S/C17H18ClFN2O5S/c1-20-27(23,24)11-6-7-14(19)12(10-11)17(22)21-15-5-3-4-13(18)16(15)26-9-8-25-2/h3-7,10,20H,8-9H2,1-2H3,(H,21,22). The molecule has 7 nitrogen and oxygen atoms in total. The number of sulfonamides is 1. The van der Waals surface area contributed by atoms with Crippen molar-refractivity contribution in [1.82, 2.24) is 4.72 Å². The highest BCUT2D eigenvalue weighted by Crippen LogP contribution is 2.33. The van der Waals surface area contributed by atoms with Crippen LogP contribution in [0.25, 0.3) is 0 Å². The molecular formula is C17H18ClFN2O5S. The van der Waals surface area contributed by atoms with Crippen LogP contribution in [0, 0.1) is 5.82 Å². The highest BCUT2D eigenvalue weighted by Gasteiger charge is 2.20. The van der Waals surface area contributed by atoms with Crippen LogP contribution in [0.3, 0.4) is 0 Å². The summed E-state index contributed by atoms with van der Waals surface area (Å²) in [6.45, 7) is 0.491. The molecule has 27 heavy (non-hydrogen) atoms. The fourth-order valence-electron chi connectivity index (χ4n) is 2.13. The zero-order valence-electron chi connectivity index (χ0n) is 14.6. The van der Waals surface area contributed by atoms with E-state index < -0.39 is 27.3 Å². The Balaban J connectivity index is 2.33. The minimum absolute atomic E-state index is 0.188. The number of carbonyl (C=O) groups excluding carboxylic acids is 1. The molecule has 0 fully saturated rings. The van der Waals surface area contributed by atoms with Crippen LogP contribution in [0.2, 0.25) is 5.02 Å². The van der Waals surface area contributed by atoms with Gasteiger partial charge in [0.1, 0.15) is 12.4 Å². The predicted molar refractivity (Wildman–Crippen MR) is 99.4 cm³/mol. The van der Waals surface area contributed by atoms with Crippen LogP contribution in [0.4, 0.5) is 10.1 Å². The number of hydrogen-bond donors (Lipinski definition) is 2. The highest BCUT2D eigenvalue weighted by atomic mass is 35.5. The number of anilines is 1. The summed E-state index contributed by atoms with van der Waals surface area (Å²) in [5.74, 6) is -1.52. The summed E-state index contributed by atoms with van der Waals surface area (Å²) in [6.07, 6.45) is 0. The summed E-state index contributed by atoms with van der Waals surface area (Å²) < 4.78 is 50.3. The van der Waals surface area contributed by atoms with Gasteiger partial charge in [-0.15, -0.1) is 0 Å². The van der Waals surface area contributed by atoms with Crippen molar-refractivity contribution in [2.75, 3.05) is 32.7 Å². The van der Waals surface area contributed by atoms with Crippen LogP contribution >= 0.6 is 11.6 Å². The molecule has 0 aliphatic rings. The first-order valence-corrected chi connectivity index (χ1v) is 9.61. The molecule has 0 saturated carbocycles. The molecule has 2 N–H and O–H groups in total. The SMILES string of the molecule is CNS(=O)(=O)c1ccc(F)c(C(=O)Nc2cccc(Cl)c2OCCOC)c1. The maximum absolute atomic E-state index is 14.1. The van der Waals surface area contributed by atoms with Crippen LogP contribution in [0.1, 0.15) is 10.4 Å². The average Bonchev–Trinajstić information content (AvgIpc) is 2.64. The number of methoxy groups -OCH3 is 1. The molecule has 10 heteroatoms. The monoisotopic (exact) mass is 416 g/mol. The molecule has 0 aliphatic carbocycles. The molecule has 0 aromatic heterocycles. The minimum Gasteiger partial charge on any atom is -0.487 e. The molecule has 0 aliphatic heterocycles. The Labute approximate surface area is 161 Å². The summed E-state index contributed by atoms with van der Waals surface area (Å²) in [4.78, 5) is 12.3. The van der Waals surface area contributed by atoms with Crippen molar-refractivity contribution in [2.45, 2.75) is 4.90 Å². The highest BCUT2D eigenvalue weighted by molar-refractivity contribution is 7.89. The number of nitrogens with one attached hydrogen (secondary N) is 2. The van der Waals surface area contributed by atoms with Crippen molar-refractivity contribution >= 4 is 33.2 Å². The summed E-state index contributed by atoms with van der Waals surface area (Å²) in [6, 6.07) is 7.60. The molecule has 1 amide bonds. The van der Waals surface area contributed by atoms with E-state index in [2.05, 4.69) is 10.0 Å². The Morgan fingerprint density at radius 1 is 1.22 bits per heavy atom. The molecule has 0 spiro atoms. The molecule has 0 heterocycles. The van der Waals surface area contributed by atoms with Crippen molar-refractivity contribution in [1.29, 1.82) is 0 Å². The lowest BCUT2D eigenvalue weighted by Gasteiger charge is -2.14. The van der Waals surface area contributed by atoms with Gasteiger partial charge in [-0.25, -0.2) is 17.5 Å². The van der Waals surface area contributed by atoms with Gasteiger partial charge in [-0.2, -0.15) is 0 Å².